The molecule has 0 radical (unpaired) electrons. The molecule has 6 nitrogen and oxygen atoms in total. The normalized spacial score (nSPS) is 29.6. The van der Waals surface area contributed by atoms with Gasteiger partial charge < -0.3 is 14.8 Å². The number of piperidine rings is 3. The Hall–Kier alpha value is -2.12. The average molecular weight is 414 g/mol. The fourth-order valence-corrected chi connectivity index (χ4v) is 5.40. The minimum Gasteiger partial charge on any atom is -0.493 e. The van der Waals surface area contributed by atoms with E-state index in [4.69, 9.17) is 9.47 Å². The van der Waals surface area contributed by atoms with Crippen LogP contribution in [0.15, 0.2) is 29.9 Å². The van der Waals surface area contributed by atoms with Gasteiger partial charge in [0, 0.05) is 23.7 Å². The highest BCUT2D eigenvalue weighted by molar-refractivity contribution is 7.13. The average Bonchev–Trinajstić information content (AvgIpc) is 3.26. The van der Waals surface area contributed by atoms with E-state index in [2.05, 4.69) is 41.2 Å². The second kappa shape index (κ2) is 7.29. The van der Waals surface area contributed by atoms with Gasteiger partial charge in [0.25, 0.3) is 0 Å². The number of thiazole rings is 1. The lowest BCUT2D eigenvalue weighted by Crippen LogP contribution is -2.53. The van der Waals surface area contributed by atoms with Crippen molar-refractivity contribution in [1.29, 1.82) is 0 Å². The van der Waals surface area contributed by atoms with Crippen LogP contribution in [0.3, 0.4) is 0 Å². The molecular formula is C22H27N3O3S. The van der Waals surface area contributed by atoms with Gasteiger partial charge in [0.15, 0.2) is 0 Å². The lowest BCUT2D eigenvalue weighted by atomic mass is 9.79. The van der Waals surface area contributed by atoms with E-state index in [0.29, 0.717) is 12.5 Å². The fraction of sp³-hybridized carbons (Fsp3) is 0.545. The van der Waals surface area contributed by atoms with Crippen molar-refractivity contribution in [3.63, 3.8) is 0 Å². The number of nitrogens with one attached hydrogen (secondary N) is 1. The van der Waals surface area contributed by atoms with Gasteiger partial charge in [-0.15, -0.1) is 11.3 Å². The van der Waals surface area contributed by atoms with Gasteiger partial charge in [-0.2, -0.15) is 0 Å². The largest absolute Gasteiger partial charge is 0.493 e. The Morgan fingerprint density at radius 2 is 2.17 bits per heavy atom. The lowest BCUT2D eigenvalue weighted by molar-refractivity contribution is -0.0361. The van der Waals surface area contributed by atoms with E-state index in [1.165, 1.54) is 0 Å². The van der Waals surface area contributed by atoms with Crippen LogP contribution in [0.5, 0.6) is 5.75 Å². The maximum atomic E-state index is 12.8. The van der Waals surface area contributed by atoms with Crippen molar-refractivity contribution in [2.75, 3.05) is 26.2 Å². The van der Waals surface area contributed by atoms with Crippen molar-refractivity contribution in [3.8, 4) is 16.2 Å². The van der Waals surface area contributed by atoms with Crippen LogP contribution < -0.4 is 10.1 Å². The molecule has 2 bridgehead atoms. The maximum Gasteiger partial charge on any atom is 0.407 e. The molecular weight excluding hydrogens is 386 g/mol. The van der Waals surface area contributed by atoms with Crippen molar-refractivity contribution in [1.82, 2.24) is 15.2 Å². The number of carbonyl (C=O) groups is 1. The van der Waals surface area contributed by atoms with Gasteiger partial charge in [0.1, 0.15) is 11.9 Å². The highest BCUT2D eigenvalue weighted by Gasteiger charge is 2.41. The summed E-state index contributed by atoms with van der Waals surface area (Å²) in [4.78, 5) is 20.5. The molecule has 0 saturated carbocycles. The number of benzene rings is 1. The fourth-order valence-electron chi connectivity index (χ4n) is 4.78. The zero-order chi connectivity index (χ0) is 20.0. The van der Waals surface area contributed by atoms with Crippen molar-refractivity contribution in [2.24, 2.45) is 11.3 Å². The Kier molecular flexibility index (Phi) is 4.75. The summed E-state index contributed by atoms with van der Waals surface area (Å²) in [7, 11) is 0. The van der Waals surface area contributed by atoms with Crippen molar-refractivity contribution in [2.45, 2.75) is 38.8 Å². The zero-order valence-corrected chi connectivity index (χ0v) is 17.7. The minimum absolute atomic E-state index is 0.00799. The summed E-state index contributed by atoms with van der Waals surface area (Å²) >= 11 is 1.60. The first-order valence-corrected chi connectivity index (χ1v) is 11.2. The first-order chi connectivity index (χ1) is 14.0. The molecule has 5 heterocycles. The summed E-state index contributed by atoms with van der Waals surface area (Å²) in [5.41, 5.74) is 3.68. The van der Waals surface area contributed by atoms with Crippen LogP contribution in [-0.4, -0.2) is 48.3 Å². The predicted octanol–water partition coefficient (Wildman–Crippen LogP) is 4.09. The first kappa shape index (κ1) is 18.9. The minimum atomic E-state index is -0.318. The molecule has 2 aromatic rings. The van der Waals surface area contributed by atoms with Crippen molar-refractivity contribution in [3.05, 3.63) is 35.5 Å². The first-order valence-electron chi connectivity index (χ1n) is 10.3. The number of hydrogen-bond acceptors (Lipinski definition) is 6. The van der Waals surface area contributed by atoms with Gasteiger partial charge >= 0.3 is 6.09 Å². The summed E-state index contributed by atoms with van der Waals surface area (Å²) in [5, 5.41) is 3.16. The lowest BCUT2D eigenvalue weighted by Gasteiger charge is -2.44. The van der Waals surface area contributed by atoms with Crippen molar-refractivity contribution >= 4 is 17.4 Å². The number of rotatable bonds is 3. The molecule has 154 valence electrons. The maximum absolute atomic E-state index is 12.8. The molecule has 3 saturated heterocycles. The number of hydrogen-bond donors (Lipinski definition) is 1. The number of aromatic nitrogens is 1. The molecule has 1 unspecified atom stereocenters. The number of alkyl carbamates (subject to hydrolysis) is 1. The summed E-state index contributed by atoms with van der Waals surface area (Å²) < 4.78 is 11.9. The van der Waals surface area contributed by atoms with Crippen LogP contribution in [0.1, 0.15) is 38.3 Å². The molecule has 7 heteroatoms. The van der Waals surface area contributed by atoms with Gasteiger partial charge in [-0.3, -0.25) is 9.88 Å². The van der Waals surface area contributed by atoms with E-state index >= 15 is 0 Å². The monoisotopic (exact) mass is 413 g/mol. The molecule has 1 amide bonds. The van der Waals surface area contributed by atoms with Crippen LogP contribution >= 0.6 is 11.3 Å². The number of amides is 1. The van der Waals surface area contributed by atoms with Crippen LogP contribution in [0.4, 0.5) is 4.79 Å². The van der Waals surface area contributed by atoms with Crippen LogP contribution in [0.25, 0.3) is 10.4 Å². The standard InChI is InChI=1S/C22H27N3O3S/c1-22(2)12-27-17-9-15(19-10-23-13-29-19)3-4-16(17)20(22)24-21(26)28-18-11-25-7-5-14(18)6-8-25/h3-4,9-10,13-14,18,20H,5-8,11-12H2,1-2H3,(H,24,26)/t18-,20?/m1/s1. The van der Waals surface area contributed by atoms with Crippen LogP contribution in [0, 0.1) is 11.3 Å². The van der Waals surface area contributed by atoms with Crippen LogP contribution in [0.2, 0.25) is 0 Å². The Bertz CT molecular complexity index is 891. The van der Waals surface area contributed by atoms with Gasteiger partial charge in [-0.05, 0) is 43.5 Å². The molecule has 1 N–H and O–H groups in total. The van der Waals surface area contributed by atoms with Gasteiger partial charge in [-0.1, -0.05) is 26.0 Å². The van der Waals surface area contributed by atoms with E-state index in [-0.39, 0.29) is 23.7 Å². The topological polar surface area (TPSA) is 63.7 Å². The van der Waals surface area contributed by atoms with Crippen molar-refractivity contribution < 1.29 is 14.3 Å². The number of ether oxygens (including phenoxy) is 2. The molecule has 29 heavy (non-hydrogen) atoms. The molecule has 4 aliphatic heterocycles. The highest BCUT2D eigenvalue weighted by atomic mass is 32.1. The zero-order valence-electron chi connectivity index (χ0n) is 16.9. The SMILES string of the molecule is CC1(C)COc2cc(-c3cncs3)ccc2C1NC(=O)O[C@@H]1CN2CCC1CC2. The molecule has 2 atom stereocenters. The predicted molar refractivity (Wildman–Crippen MR) is 112 cm³/mol. The van der Waals surface area contributed by atoms with Crippen LogP contribution in [-0.2, 0) is 4.74 Å². The Balaban J connectivity index is 1.34. The Morgan fingerprint density at radius 3 is 2.86 bits per heavy atom. The summed E-state index contributed by atoms with van der Waals surface area (Å²) in [6.07, 6.45) is 3.81. The molecule has 4 aliphatic rings. The van der Waals surface area contributed by atoms with Gasteiger partial charge in [0.2, 0.25) is 0 Å². The van der Waals surface area contributed by atoms with E-state index in [9.17, 15) is 4.79 Å². The number of carbonyl (C=O) groups excluding carboxylic acids is 1. The smallest absolute Gasteiger partial charge is 0.407 e. The van der Waals surface area contributed by atoms with E-state index in [1.807, 2.05) is 17.8 Å². The molecule has 1 aromatic carbocycles. The molecule has 6 rings (SSSR count). The highest BCUT2D eigenvalue weighted by Crippen LogP contribution is 2.44. The van der Waals surface area contributed by atoms with Gasteiger partial charge in [-0.25, -0.2) is 4.79 Å². The molecule has 0 spiro atoms. The summed E-state index contributed by atoms with van der Waals surface area (Å²) in [6.45, 7) is 7.91. The third-order valence-electron chi connectivity index (χ3n) is 6.54. The summed E-state index contributed by atoms with van der Waals surface area (Å²) in [5.74, 6) is 1.33. The Labute approximate surface area is 175 Å². The Morgan fingerprint density at radius 1 is 1.34 bits per heavy atom. The third-order valence-corrected chi connectivity index (χ3v) is 7.36. The van der Waals surface area contributed by atoms with Gasteiger partial charge in [0.05, 0.1) is 23.0 Å². The third kappa shape index (κ3) is 3.62. The summed E-state index contributed by atoms with van der Waals surface area (Å²) in [6, 6.07) is 6.02. The van der Waals surface area contributed by atoms with E-state index in [0.717, 1.165) is 54.2 Å². The second-order valence-corrected chi connectivity index (χ2v) is 9.94. The number of fused-ring (bicyclic) bond motifs is 4. The second-order valence-electron chi connectivity index (χ2n) is 9.05. The number of nitrogens with zero attached hydrogens (tertiary/aromatic N) is 2. The van der Waals surface area contributed by atoms with E-state index < -0.39 is 0 Å². The molecule has 0 aliphatic carbocycles. The quantitative estimate of drug-likeness (QED) is 0.821. The molecule has 3 fully saturated rings. The molecule has 1 aromatic heterocycles. The van der Waals surface area contributed by atoms with E-state index in [1.54, 1.807) is 11.3 Å².